The van der Waals surface area contributed by atoms with E-state index in [1.54, 1.807) is 12.1 Å². The fourth-order valence-corrected chi connectivity index (χ4v) is 4.32. The molecule has 0 radical (unpaired) electrons. The minimum atomic E-state index is -3.55. The molecule has 0 aromatic heterocycles. The van der Waals surface area contributed by atoms with Gasteiger partial charge >= 0.3 is 0 Å². The Hall–Kier alpha value is -2.54. The lowest BCUT2D eigenvalue weighted by molar-refractivity contribution is -0.122. The van der Waals surface area contributed by atoms with Crippen molar-refractivity contribution >= 4 is 27.3 Å². The number of fused-ring (bicyclic) bond motifs is 1. The quantitative estimate of drug-likeness (QED) is 0.833. The summed E-state index contributed by atoms with van der Waals surface area (Å²) in [5.41, 5.74) is 4.26. The number of ether oxygens (including phenoxy) is 1. The van der Waals surface area contributed by atoms with E-state index in [4.69, 9.17) is 4.74 Å². The van der Waals surface area contributed by atoms with Crippen molar-refractivity contribution in [1.82, 2.24) is 0 Å². The van der Waals surface area contributed by atoms with Crippen molar-refractivity contribution in [2.24, 2.45) is 0 Å². The Morgan fingerprint density at radius 1 is 1.18 bits per heavy atom. The van der Waals surface area contributed by atoms with Crippen molar-refractivity contribution < 1.29 is 17.9 Å². The molecule has 1 amide bonds. The van der Waals surface area contributed by atoms with Crippen molar-refractivity contribution in [2.45, 2.75) is 39.7 Å². The van der Waals surface area contributed by atoms with Crippen LogP contribution >= 0.6 is 0 Å². The molecule has 1 aliphatic heterocycles. The van der Waals surface area contributed by atoms with Gasteiger partial charge < -0.3 is 10.1 Å². The Kier molecular flexibility index (Phi) is 5.65. The number of carbonyl (C=O) groups excluding carboxylic acids is 1. The van der Waals surface area contributed by atoms with E-state index < -0.39 is 16.1 Å². The second kappa shape index (κ2) is 7.83. The second-order valence-electron chi connectivity index (χ2n) is 7.02. The third kappa shape index (κ3) is 3.99. The molecule has 2 aromatic carbocycles. The summed E-state index contributed by atoms with van der Waals surface area (Å²) in [5, 5.41) is 2.98. The van der Waals surface area contributed by atoms with Gasteiger partial charge in [0, 0.05) is 5.69 Å². The molecule has 1 atom stereocenters. The lowest BCUT2D eigenvalue weighted by Crippen LogP contribution is -2.48. The summed E-state index contributed by atoms with van der Waals surface area (Å²) >= 11 is 0. The lowest BCUT2D eigenvalue weighted by Gasteiger charge is -2.34. The molecule has 1 N–H and O–H groups in total. The van der Waals surface area contributed by atoms with Crippen molar-refractivity contribution in [2.75, 3.05) is 22.4 Å². The number of anilines is 2. The standard InChI is InChI=1S/C21H26N2O4S/c1-5-15-8-7-9-16(6-2)20(15)22-21(24)19-13-23(28(4,25)26)17-12-14(3)10-11-18(17)27-19/h7-12,19H,5-6,13H2,1-4H3,(H,22,24). The highest BCUT2D eigenvalue weighted by Gasteiger charge is 2.35. The molecule has 0 aliphatic carbocycles. The number of hydrogen-bond donors (Lipinski definition) is 1. The number of aryl methyl sites for hydroxylation is 3. The monoisotopic (exact) mass is 402 g/mol. The van der Waals surface area contributed by atoms with Crippen LogP contribution in [0, 0.1) is 6.92 Å². The van der Waals surface area contributed by atoms with E-state index in [2.05, 4.69) is 5.32 Å². The number of carbonyl (C=O) groups is 1. The van der Waals surface area contributed by atoms with Crippen LogP contribution in [0.25, 0.3) is 0 Å². The van der Waals surface area contributed by atoms with E-state index in [0.717, 1.165) is 41.5 Å². The first-order chi connectivity index (χ1) is 13.2. The van der Waals surface area contributed by atoms with Crippen LogP contribution in [0.1, 0.15) is 30.5 Å². The van der Waals surface area contributed by atoms with E-state index in [0.29, 0.717) is 11.4 Å². The molecule has 7 heteroatoms. The first-order valence-corrected chi connectivity index (χ1v) is 11.3. The van der Waals surface area contributed by atoms with Crippen LogP contribution in [0.4, 0.5) is 11.4 Å². The number of nitrogens with one attached hydrogen (secondary N) is 1. The molecule has 3 rings (SSSR count). The average Bonchev–Trinajstić information content (AvgIpc) is 2.66. The topological polar surface area (TPSA) is 75.7 Å². The van der Waals surface area contributed by atoms with Gasteiger partial charge in [0.2, 0.25) is 10.0 Å². The average molecular weight is 403 g/mol. The van der Waals surface area contributed by atoms with Crippen molar-refractivity contribution in [3.8, 4) is 5.75 Å². The van der Waals surface area contributed by atoms with Gasteiger partial charge in [-0.25, -0.2) is 8.42 Å². The van der Waals surface area contributed by atoms with Gasteiger partial charge in [-0.05, 0) is 48.6 Å². The lowest BCUT2D eigenvalue weighted by atomic mass is 10.0. The molecule has 28 heavy (non-hydrogen) atoms. The zero-order chi connectivity index (χ0) is 20.5. The first-order valence-electron chi connectivity index (χ1n) is 9.41. The van der Waals surface area contributed by atoms with E-state index in [1.165, 1.54) is 4.31 Å². The van der Waals surface area contributed by atoms with Gasteiger partial charge in [-0.3, -0.25) is 9.10 Å². The van der Waals surface area contributed by atoms with Crippen molar-refractivity contribution in [3.63, 3.8) is 0 Å². The third-order valence-electron chi connectivity index (χ3n) is 4.92. The Bertz CT molecular complexity index is 979. The molecule has 2 aromatic rings. The van der Waals surface area contributed by atoms with Crippen LogP contribution in [-0.4, -0.2) is 33.2 Å². The van der Waals surface area contributed by atoms with Gasteiger partial charge in [0.15, 0.2) is 6.10 Å². The SMILES string of the molecule is CCc1cccc(CC)c1NC(=O)C1CN(S(C)(=O)=O)c2cc(C)ccc2O1. The summed E-state index contributed by atoms with van der Waals surface area (Å²) in [7, 11) is -3.55. The third-order valence-corrected chi connectivity index (χ3v) is 6.07. The minimum Gasteiger partial charge on any atom is -0.476 e. The molecule has 0 saturated heterocycles. The molecule has 0 bridgehead atoms. The van der Waals surface area contributed by atoms with Gasteiger partial charge in [0.1, 0.15) is 5.75 Å². The molecule has 0 fully saturated rings. The van der Waals surface area contributed by atoms with E-state index >= 15 is 0 Å². The van der Waals surface area contributed by atoms with E-state index in [1.807, 2.05) is 45.0 Å². The first kappa shape index (κ1) is 20.2. The zero-order valence-corrected chi connectivity index (χ0v) is 17.5. The van der Waals surface area contributed by atoms with Crippen LogP contribution < -0.4 is 14.4 Å². The largest absolute Gasteiger partial charge is 0.476 e. The van der Waals surface area contributed by atoms with Crippen LogP contribution in [-0.2, 0) is 27.7 Å². The molecule has 1 heterocycles. The van der Waals surface area contributed by atoms with Gasteiger partial charge in [-0.15, -0.1) is 0 Å². The highest BCUT2D eigenvalue weighted by molar-refractivity contribution is 7.92. The highest BCUT2D eigenvalue weighted by Crippen LogP contribution is 2.36. The summed E-state index contributed by atoms with van der Waals surface area (Å²) in [5.74, 6) is 0.0393. The Labute approximate surface area is 166 Å². The highest BCUT2D eigenvalue weighted by atomic mass is 32.2. The Morgan fingerprint density at radius 2 is 1.82 bits per heavy atom. The molecule has 150 valence electrons. The molecule has 0 saturated carbocycles. The maximum absolute atomic E-state index is 13.0. The summed E-state index contributed by atoms with van der Waals surface area (Å²) in [4.78, 5) is 13.0. The summed E-state index contributed by atoms with van der Waals surface area (Å²) in [6.45, 7) is 5.89. The van der Waals surface area contributed by atoms with E-state index in [9.17, 15) is 13.2 Å². The maximum atomic E-state index is 13.0. The number of hydrogen-bond acceptors (Lipinski definition) is 4. The Morgan fingerprint density at radius 3 is 2.39 bits per heavy atom. The van der Waals surface area contributed by atoms with Crippen LogP contribution in [0.15, 0.2) is 36.4 Å². The molecule has 0 spiro atoms. The molecule has 1 unspecified atom stereocenters. The fourth-order valence-electron chi connectivity index (χ4n) is 3.42. The van der Waals surface area contributed by atoms with Crippen LogP contribution in [0.5, 0.6) is 5.75 Å². The number of amides is 1. The van der Waals surface area contributed by atoms with Gasteiger partial charge in [0.05, 0.1) is 18.5 Å². The summed E-state index contributed by atoms with van der Waals surface area (Å²) < 4.78 is 31.8. The van der Waals surface area contributed by atoms with Crippen molar-refractivity contribution in [1.29, 1.82) is 0 Å². The molecular formula is C21H26N2O4S. The Balaban J connectivity index is 1.93. The van der Waals surface area contributed by atoms with E-state index in [-0.39, 0.29) is 12.5 Å². The number of sulfonamides is 1. The smallest absolute Gasteiger partial charge is 0.267 e. The molecular weight excluding hydrogens is 376 g/mol. The summed E-state index contributed by atoms with van der Waals surface area (Å²) in [6, 6.07) is 11.2. The predicted molar refractivity (Wildman–Crippen MR) is 112 cm³/mol. The number of rotatable bonds is 5. The van der Waals surface area contributed by atoms with Gasteiger partial charge in [-0.2, -0.15) is 0 Å². The van der Waals surface area contributed by atoms with Crippen molar-refractivity contribution in [3.05, 3.63) is 53.1 Å². The molecule has 6 nitrogen and oxygen atoms in total. The van der Waals surface area contributed by atoms with Gasteiger partial charge in [0.25, 0.3) is 5.91 Å². The van der Waals surface area contributed by atoms with Crippen LogP contribution in [0.2, 0.25) is 0 Å². The fraction of sp³-hybridized carbons (Fsp3) is 0.381. The van der Waals surface area contributed by atoms with Crippen LogP contribution in [0.3, 0.4) is 0 Å². The maximum Gasteiger partial charge on any atom is 0.267 e. The van der Waals surface area contributed by atoms with Gasteiger partial charge in [-0.1, -0.05) is 38.1 Å². The minimum absolute atomic E-state index is 0.0587. The predicted octanol–water partition coefficient (Wildman–Crippen LogP) is 3.29. The number of benzene rings is 2. The zero-order valence-electron chi connectivity index (χ0n) is 16.7. The molecule has 1 aliphatic rings. The number of nitrogens with zero attached hydrogens (tertiary/aromatic N) is 1. The second-order valence-corrected chi connectivity index (χ2v) is 8.93. The number of para-hydroxylation sites is 1. The summed E-state index contributed by atoms with van der Waals surface area (Å²) in [6.07, 6.45) is 1.78. The normalized spacial score (nSPS) is 16.3.